The fourth-order valence-corrected chi connectivity index (χ4v) is 1.96. The van der Waals surface area contributed by atoms with Crippen LogP contribution in [-0.4, -0.2) is 23.0 Å². The SMILES string of the molecule is CC(CCCC(C)C(=O)O)NC(=O)C1CCC1. The minimum Gasteiger partial charge on any atom is -0.481 e. The van der Waals surface area contributed by atoms with Crippen LogP contribution in [0.2, 0.25) is 0 Å². The van der Waals surface area contributed by atoms with Gasteiger partial charge in [0.15, 0.2) is 0 Å². The Balaban J connectivity index is 2.10. The van der Waals surface area contributed by atoms with Crippen LogP contribution >= 0.6 is 0 Å². The van der Waals surface area contributed by atoms with Gasteiger partial charge in [-0.05, 0) is 32.6 Å². The fourth-order valence-electron chi connectivity index (χ4n) is 1.96. The molecule has 0 aromatic heterocycles. The molecule has 1 rings (SSSR count). The van der Waals surface area contributed by atoms with Crippen molar-refractivity contribution in [1.82, 2.24) is 5.32 Å². The van der Waals surface area contributed by atoms with Crippen molar-refractivity contribution < 1.29 is 14.7 Å². The van der Waals surface area contributed by atoms with Gasteiger partial charge < -0.3 is 10.4 Å². The molecule has 2 N–H and O–H groups in total. The molecule has 0 aliphatic heterocycles. The lowest BCUT2D eigenvalue weighted by molar-refractivity contribution is -0.141. The maximum Gasteiger partial charge on any atom is 0.306 e. The van der Waals surface area contributed by atoms with Gasteiger partial charge in [0, 0.05) is 12.0 Å². The molecule has 2 atom stereocenters. The van der Waals surface area contributed by atoms with Crippen molar-refractivity contribution in [3.05, 3.63) is 0 Å². The molecular weight excluding hydrogens is 218 g/mol. The second kappa shape index (κ2) is 6.62. The minimum absolute atomic E-state index is 0.157. The molecule has 1 aliphatic carbocycles. The molecule has 1 aliphatic rings. The molecule has 0 bridgehead atoms. The molecule has 0 saturated heterocycles. The molecule has 1 saturated carbocycles. The van der Waals surface area contributed by atoms with E-state index in [1.807, 2.05) is 6.92 Å². The molecule has 4 nitrogen and oxygen atoms in total. The summed E-state index contributed by atoms with van der Waals surface area (Å²) in [6.45, 7) is 3.71. The smallest absolute Gasteiger partial charge is 0.306 e. The lowest BCUT2D eigenvalue weighted by Gasteiger charge is -2.26. The Morgan fingerprint density at radius 1 is 1.29 bits per heavy atom. The Morgan fingerprint density at radius 3 is 2.41 bits per heavy atom. The molecule has 1 fully saturated rings. The van der Waals surface area contributed by atoms with Crippen LogP contribution in [0.3, 0.4) is 0 Å². The summed E-state index contributed by atoms with van der Waals surface area (Å²) in [6.07, 6.45) is 5.60. The van der Waals surface area contributed by atoms with E-state index in [-0.39, 0.29) is 23.8 Å². The van der Waals surface area contributed by atoms with E-state index in [1.165, 1.54) is 6.42 Å². The highest BCUT2D eigenvalue weighted by Crippen LogP contribution is 2.26. The van der Waals surface area contributed by atoms with Crippen LogP contribution in [0.15, 0.2) is 0 Å². The van der Waals surface area contributed by atoms with Gasteiger partial charge in [0.05, 0.1) is 5.92 Å². The zero-order chi connectivity index (χ0) is 12.8. The van der Waals surface area contributed by atoms with E-state index in [0.717, 1.165) is 25.7 Å². The summed E-state index contributed by atoms with van der Waals surface area (Å²) in [5, 5.41) is 11.7. The van der Waals surface area contributed by atoms with Gasteiger partial charge in [-0.1, -0.05) is 19.8 Å². The third-order valence-electron chi connectivity index (χ3n) is 3.56. The third-order valence-corrected chi connectivity index (χ3v) is 3.56. The van der Waals surface area contributed by atoms with Crippen molar-refractivity contribution in [2.24, 2.45) is 11.8 Å². The van der Waals surface area contributed by atoms with Gasteiger partial charge in [0.2, 0.25) is 5.91 Å². The molecule has 0 radical (unpaired) electrons. The summed E-state index contributed by atoms with van der Waals surface area (Å²) in [7, 11) is 0. The van der Waals surface area contributed by atoms with Gasteiger partial charge in [-0.15, -0.1) is 0 Å². The third kappa shape index (κ3) is 4.75. The first kappa shape index (κ1) is 14.0. The predicted molar refractivity (Wildman–Crippen MR) is 65.6 cm³/mol. The summed E-state index contributed by atoms with van der Waals surface area (Å²) in [4.78, 5) is 22.3. The van der Waals surface area contributed by atoms with E-state index < -0.39 is 5.97 Å². The number of aliphatic carboxylic acids is 1. The molecule has 4 heteroatoms. The lowest BCUT2D eigenvalue weighted by Crippen LogP contribution is -2.39. The van der Waals surface area contributed by atoms with Crippen LogP contribution in [0.25, 0.3) is 0 Å². The van der Waals surface area contributed by atoms with Crippen LogP contribution in [0.5, 0.6) is 0 Å². The average Bonchev–Trinajstić information content (AvgIpc) is 2.13. The molecule has 1 amide bonds. The van der Waals surface area contributed by atoms with Gasteiger partial charge in [-0.2, -0.15) is 0 Å². The first-order valence-electron chi connectivity index (χ1n) is 6.54. The number of carboxylic acid groups (broad SMARTS) is 1. The molecular formula is C13H23NO3. The Hall–Kier alpha value is -1.06. The number of carbonyl (C=O) groups excluding carboxylic acids is 1. The topological polar surface area (TPSA) is 66.4 Å². The number of rotatable bonds is 7. The van der Waals surface area contributed by atoms with Gasteiger partial charge in [0.25, 0.3) is 0 Å². The summed E-state index contributed by atoms with van der Waals surface area (Å²) >= 11 is 0. The van der Waals surface area contributed by atoms with E-state index in [0.29, 0.717) is 6.42 Å². The standard InChI is InChI=1S/C13H23NO3/c1-9(13(16)17)5-3-6-10(2)14-12(15)11-7-4-8-11/h9-11H,3-8H2,1-2H3,(H,14,15)(H,16,17). The number of carbonyl (C=O) groups is 2. The molecule has 0 aromatic carbocycles. The van der Waals surface area contributed by atoms with Crippen molar-refractivity contribution in [2.75, 3.05) is 0 Å². The van der Waals surface area contributed by atoms with Crippen molar-refractivity contribution in [3.8, 4) is 0 Å². The number of hydrogen-bond acceptors (Lipinski definition) is 2. The van der Waals surface area contributed by atoms with E-state index >= 15 is 0 Å². The van der Waals surface area contributed by atoms with Crippen molar-refractivity contribution >= 4 is 11.9 Å². The second-order valence-electron chi connectivity index (χ2n) is 5.21. The van der Waals surface area contributed by atoms with Crippen LogP contribution in [0, 0.1) is 11.8 Å². The van der Waals surface area contributed by atoms with E-state index in [4.69, 9.17) is 5.11 Å². The quantitative estimate of drug-likeness (QED) is 0.718. The first-order chi connectivity index (χ1) is 8.00. The molecule has 2 unspecified atom stereocenters. The summed E-state index contributed by atoms with van der Waals surface area (Å²) < 4.78 is 0. The average molecular weight is 241 g/mol. The maximum atomic E-state index is 11.6. The number of amides is 1. The van der Waals surface area contributed by atoms with Gasteiger partial charge in [0.1, 0.15) is 0 Å². The van der Waals surface area contributed by atoms with E-state index in [2.05, 4.69) is 5.32 Å². The Bertz CT molecular complexity index is 274. The summed E-state index contributed by atoms with van der Waals surface area (Å²) in [6, 6.07) is 0.157. The van der Waals surface area contributed by atoms with Crippen molar-refractivity contribution in [3.63, 3.8) is 0 Å². The molecule has 98 valence electrons. The Morgan fingerprint density at radius 2 is 1.94 bits per heavy atom. The van der Waals surface area contributed by atoms with Crippen LogP contribution in [0.1, 0.15) is 52.4 Å². The molecule has 0 aromatic rings. The number of carboxylic acids is 1. The zero-order valence-corrected chi connectivity index (χ0v) is 10.7. The highest BCUT2D eigenvalue weighted by atomic mass is 16.4. The van der Waals surface area contributed by atoms with Crippen molar-refractivity contribution in [2.45, 2.75) is 58.4 Å². The predicted octanol–water partition coefficient (Wildman–Crippen LogP) is 2.18. The zero-order valence-electron chi connectivity index (χ0n) is 10.7. The summed E-state index contributed by atoms with van der Waals surface area (Å²) in [5.41, 5.74) is 0. The second-order valence-corrected chi connectivity index (χ2v) is 5.21. The minimum atomic E-state index is -0.740. The normalized spacial score (nSPS) is 19.2. The van der Waals surface area contributed by atoms with Crippen LogP contribution in [-0.2, 0) is 9.59 Å². The number of hydrogen-bond donors (Lipinski definition) is 2. The summed E-state index contributed by atoms with van der Waals surface area (Å²) in [5.74, 6) is -0.619. The fraction of sp³-hybridized carbons (Fsp3) is 0.846. The molecule has 0 heterocycles. The van der Waals surface area contributed by atoms with Crippen LogP contribution in [0.4, 0.5) is 0 Å². The monoisotopic (exact) mass is 241 g/mol. The van der Waals surface area contributed by atoms with Crippen molar-refractivity contribution in [1.29, 1.82) is 0 Å². The van der Waals surface area contributed by atoms with Gasteiger partial charge in [-0.25, -0.2) is 0 Å². The lowest BCUT2D eigenvalue weighted by atomic mass is 9.84. The largest absolute Gasteiger partial charge is 0.481 e. The highest BCUT2D eigenvalue weighted by Gasteiger charge is 2.25. The Kier molecular flexibility index (Phi) is 5.45. The molecule has 0 spiro atoms. The highest BCUT2D eigenvalue weighted by molar-refractivity contribution is 5.79. The first-order valence-corrected chi connectivity index (χ1v) is 6.54. The van der Waals surface area contributed by atoms with Gasteiger partial charge >= 0.3 is 5.97 Å². The van der Waals surface area contributed by atoms with Gasteiger partial charge in [-0.3, -0.25) is 9.59 Å². The Labute approximate surface area is 103 Å². The van der Waals surface area contributed by atoms with Crippen LogP contribution < -0.4 is 5.32 Å². The number of nitrogens with one attached hydrogen (secondary N) is 1. The van der Waals surface area contributed by atoms with E-state index in [9.17, 15) is 9.59 Å². The molecule has 17 heavy (non-hydrogen) atoms. The maximum absolute atomic E-state index is 11.6. The van der Waals surface area contributed by atoms with E-state index in [1.54, 1.807) is 6.92 Å².